The molecule has 5 nitrogen and oxygen atoms in total. The fraction of sp³-hybridized carbons (Fsp3) is 0.529. The Labute approximate surface area is 140 Å². The first kappa shape index (κ1) is 16.3. The van der Waals surface area contributed by atoms with Crippen LogP contribution in [-0.4, -0.2) is 29.1 Å². The van der Waals surface area contributed by atoms with E-state index in [1.165, 1.54) is 6.92 Å². The molecule has 0 bridgehead atoms. The maximum absolute atomic E-state index is 12.5. The number of halogens is 1. The van der Waals surface area contributed by atoms with Gasteiger partial charge in [-0.1, -0.05) is 23.7 Å². The lowest BCUT2D eigenvalue weighted by molar-refractivity contribution is -0.132. The highest BCUT2D eigenvalue weighted by molar-refractivity contribution is 6.31. The summed E-state index contributed by atoms with van der Waals surface area (Å²) in [5.74, 6) is -0.511. The number of carbonyl (C=O) groups is 2. The molecule has 3 unspecified atom stereocenters. The van der Waals surface area contributed by atoms with Crippen molar-refractivity contribution in [2.75, 3.05) is 0 Å². The number of aliphatic hydroxyl groups is 1. The van der Waals surface area contributed by atoms with Crippen LogP contribution in [0.25, 0.3) is 0 Å². The van der Waals surface area contributed by atoms with Crippen molar-refractivity contribution in [2.45, 2.75) is 50.8 Å². The summed E-state index contributed by atoms with van der Waals surface area (Å²) in [4.78, 5) is 24.4. The Morgan fingerprint density at radius 1 is 1.30 bits per heavy atom. The molecule has 1 aromatic rings. The number of amides is 2. The lowest BCUT2D eigenvalue weighted by atomic mass is 10.1. The van der Waals surface area contributed by atoms with Crippen LogP contribution < -0.4 is 10.6 Å². The van der Waals surface area contributed by atoms with Crippen LogP contribution >= 0.6 is 11.6 Å². The SMILES string of the molecule is CC(O)C(NC(=O)C1CC1)C(=O)NC1CCc2c(Cl)cccc21. The quantitative estimate of drug-likeness (QED) is 0.766. The number of fused-ring (bicyclic) bond motifs is 1. The minimum absolute atomic E-state index is 0.00457. The van der Waals surface area contributed by atoms with E-state index in [0.717, 1.165) is 36.8 Å². The van der Waals surface area contributed by atoms with E-state index in [2.05, 4.69) is 10.6 Å². The number of hydrogen-bond acceptors (Lipinski definition) is 3. The molecule has 0 aromatic heterocycles. The van der Waals surface area contributed by atoms with Crippen molar-refractivity contribution in [1.82, 2.24) is 10.6 Å². The van der Waals surface area contributed by atoms with Crippen LogP contribution in [0.2, 0.25) is 5.02 Å². The number of aliphatic hydroxyl groups excluding tert-OH is 1. The Kier molecular flexibility index (Phi) is 4.60. The molecular weight excluding hydrogens is 316 g/mol. The zero-order chi connectivity index (χ0) is 16.6. The topological polar surface area (TPSA) is 78.4 Å². The van der Waals surface area contributed by atoms with Crippen LogP contribution in [0.1, 0.15) is 43.4 Å². The minimum atomic E-state index is -0.946. The Balaban J connectivity index is 1.68. The highest BCUT2D eigenvalue weighted by Crippen LogP contribution is 2.35. The van der Waals surface area contributed by atoms with Crippen molar-refractivity contribution in [3.8, 4) is 0 Å². The fourth-order valence-corrected chi connectivity index (χ4v) is 3.32. The minimum Gasteiger partial charge on any atom is -0.391 e. The molecule has 6 heteroatoms. The van der Waals surface area contributed by atoms with Crippen LogP contribution in [0, 0.1) is 5.92 Å². The van der Waals surface area contributed by atoms with Crippen LogP contribution in [-0.2, 0) is 16.0 Å². The molecule has 0 saturated heterocycles. The van der Waals surface area contributed by atoms with Gasteiger partial charge >= 0.3 is 0 Å². The van der Waals surface area contributed by atoms with E-state index in [1.807, 2.05) is 18.2 Å². The van der Waals surface area contributed by atoms with Gasteiger partial charge in [0.15, 0.2) is 0 Å². The highest BCUT2D eigenvalue weighted by Gasteiger charge is 2.35. The van der Waals surface area contributed by atoms with Crippen molar-refractivity contribution in [2.24, 2.45) is 5.92 Å². The van der Waals surface area contributed by atoms with Gasteiger partial charge in [0.1, 0.15) is 6.04 Å². The summed E-state index contributed by atoms with van der Waals surface area (Å²) in [7, 11) is 0. The second-order valence-corrected chi connectivity index (χ2v) is 6.82. The second-order valence-electron chi connectivity index (χ2n) is 6.41. The van der Waals surface area contributed by atoms with E-state index >= 15 is 0 Å². The van der Waals surface area contributed by atoms with Crippen LogP contribution in [0.15, 0.2) is 18.2 Å². The molecule has 1 saturated carbocycles. The maximum atomic E-state index is 12.5. The number of rotatable bonds is 5. The van der Waals surface area contributed by atoms with Gasteiger partial charge in [-0.2, -0.15) is 0 Å². The molecule has 1 fully saturated rings. The van der Waals surface area contributed by atoms with Gasteiger partial charge in [0, 0.05) is 10.9 Å². The molecule has 0 aliphatic heterocycles. The van der Waals surface area contributed by atoms with Gasteiger partial charge in [0.25, 0.3) is 0 Å². The monoisotopic (exact) mass is 336 g/mol. The lowest BCUT2D eigenvalue weighted by Gasteiger charge is -2.23. The largest absolute Gasteiger partial charge is 0.391 e. The maximum Gasteiger partial charge on any atom is 0.245 e. The zero-order valence-corrected chi connectivity index (χ0v) is 13.8. The van der Waals surface area contributed by atoms with Crippen LogP contribution in [0.4, 0.5) is 0 Å². The van der Waals surface area contributed by atoms with E-state index in [1.54, 1.807) is 0 Å². The van der Waals surface area contributed by atoms with Crippen molar-refractivity contribution in [3.05, 3.63) is 34.3 Å². The standard InChI is InChI=1S/C17H21ClN2O3/c1-9(21)15(20-16(22)10-5-6-10)17(23)19-14-8-7-11-12(14)3-2-4-13(11)18/h2-4,9-10,14-15,21H,5-8H2,1H3,(H,19,23)(H,20,22). The summed E-state index contributed by atoms with van der Waals surface area (Å²) in [6.45, 7) is 1.51. The summed E-state index contributed by atoms with van der Waals surface area (Å²) >= 11 is 6.19. The Bertz CT molecular complexity index is 628. The van der Waals surface area contributed by atoms with Crippen molar-refractivity contribution in [1.29, 1.82) is 0 Å². The summed E-state index contributed by atoms with van der Waals surface area (Å²) in [5, 5.41) is 16.2. The van der Waals surface area contributed by atoms with E-state index in [9.17, 15) is 14.7 Å². The first-order valence-electron chi connectivity index (χ1n) is 8.03. The average Bonchev–Trinajstić information content (AvgIpc) is 3.27. The molecule has 0 heterocycles. The molecule has 124 valence electrons. The van der Waals surface area contributed by atoms with Gasteiger partial charge in [-0.05, 0) is 49.8 Å². The predicted molar refractivity (Wildman–Crippen MR) is 87.0 cm³/mol. The number of nitrogens with one attached hydrogen (secondary N) is 2. The van der Waals surface area contributed by atoms with Gasteiger partial charge in [-0.25, -0.2) is 0 Å². The lowest BCUT2D eigenvalue weighted by Crippen LogP contribution is -2.53. The predicted octanol–water partition coefficient (Wildman–Crippen LogP) is 1.72. The normalized spacial score (nSPS) is 22.1. The van der Waals surface area contributed by atoms with E-state index < -0.39 is 12.1 Å². The van der Waals surface area contributed by atoms with Crippen molar-refractivity contribution >= 4 is 23.4 Å². The molecule has 2 aliphatic carbocycles. The Morgan fingerprint density at radius 2 is 2.04 bits per heavy atom. The fourth-order valence-electron chi connectivity index (χ4n) is 3.04. The smallest absolute Gasteiger partial charge is 0.245 e. The Hall–Kier alpha value is -1.59. The molecule has 2 aliphatic rings. The van der Waals surface area contributed by atoms with Crippen molar-refractivity contribution in [3.63, 3.8) is 0 Å². The number of hydrogen-bond donors (Lipinski definition) is 3. The third kappa shape index (κ3) is 3.51. The van der Waals surface area contributed by atoms with Crippen LogP contribution in [0.3, 0.4) is 0 Å². The van der Waals surface area contributed by atoms with E-state index in [0.29, 0.717) is 5.02 Å². The molecular formula is C17H21ClN2O3. The average molecular weight is 337 g/mol. The first-order valence-corrected chi connectivity index (χ1v) is 8.41. The molecule has 23 heavy (non-hydrogen) atoms. The third-order valence-corrected chi connectivity index (χ3v) is 4.89. The molecule has 2 amide bonds. The first-order chi connectivity index (χ1) is 11.0. The molecule has 0 radical (unpaired) electrons. The van der Waals surface area contributed by atoms with Gasteiger partial charge in [-0.15, -0.1) is 0 Å². The molecule has 3 N–H and O–H groups in total. The highest BCUT2D eigenvalue weighted by atomic mass is 35.5. The summed E-state index contributed by atoms with van der Waals surface area (Å²) < 4.78 is 0. The van der Waals surface area contributed by atoms with Gasteiger partial charge in [0.05, 0.1) is 12.1 Å². The summed E-state index contributed by atoms with van der Waals surface area (Å²) in [6.07, 6.45) is 2.35. The molecule has 3 rings (SSSR count). The third-order valence-electron chi connectivity index (χ3n) is 4.54. The zero-order valence-electron chi connectivity index (χ0n) is 13.0. The molecule has 0 spiro atoms. The van der Waals surface area contributed by atoms with Gasteiger partial charge in [0.2, 0.25) is 11.8 Å². The second kappa shape index (κ2) is 6.49. The van der Waals surface area contributed by atoms with Gasteiger partial charge in [-0.3, -0.25) is 9.59 Å². The Morgan fingerprint density at radius 3 is 2.70 bits per heavy atom. The number of benzene rings is 1. The van der Waals surface area contributed by atoms with E-state index in [-0.39, 0.29) is 23.8 Å². The summed E-state index contributed by atoms with van der Waals surface area (Å²) in [6, 6.07) is 4.62. The van der Waals surface area contributed by atoms with Crippen molar-refractivity contribution < 1.29 is 14.7 Å². The van der Waals surface area contributed by atoms with Crippen LogP contribution in [0.5, 0.6) is 0 Å². The van der Waals surface area contributed by atoms with E-state index in [4.69, 9.17) is 11.6 Å². The summed E-state index contributed by atoms with van der Waals surface area (Å²) in [5.41, 5.74) is 2.08. The van der Waals surface area contributed by atoms with Gasteiger partial charge < -0.3 is 15.7 Å². The molecule has 3 atom stereocenters. The molecule has 1 aromatic carbocycles. The number of carbonyl (C=O) groups excluding carboxylic acids is 2.